The van der Waals surface area contributed by atoms with E-state index in [9.17, 15) is 9.18 Å². The van der Waals surface area contributed by atoms with Gasteiger partial charge in [0.15, 0.2) is 0 Å². The van der Waals surface area contributed by atoms with Gasteiger partial charge in [-0.25, -0.2) is 9.97 Å². The molecule has 0 aliphatic carbocycles. The second-order valence-electron chi connectivity index (χ2n) is 9.54. The maximum Gasteiger partial charge on any atom is 0.255 e. The third kappa shape index (κ3) is 6.46. The monoisotopic (exact) mass is 515 g/mol. The third-order valence-corrected chi connectivity index (χ3v) is 7.59. The fraction of sp³-hybridized carbons (Fsp3) is 0.276. The van der Waals surface area contributed by atoms with Crippen LogP contribution >= 0.6 is 11.3 Å². The first-order chi connectivity index (χ1) is 17.9. The number of aromatic nitrogens is 2. The molecule has 2 aromatic heterocycles. The molecule has 3 heterocycles. The number of likely N-dealkylation sites (N-methyl/N-ethyl adjacent to an activating group) is 1. The zero-order valence-electron chi connectivity index (χ0n) is 21.1. The summed E-state index contributed by atoms with van der Waals surface area (Å²) in [5.74, 6) is -0.628. The number of nitrogens with one attached hydrogen (secondary N) is 1. The molecule has 0 unspecified atom stereocenters. The molecule has 0 spiro atoms. The Labute approximate surface area is 220 Å². The number of anilines is 1. The van der Waals surface area contributed by atoms with E-state index >= 15 is 0 Å². The first kappa shape index (κ1) is 25.2. The fourth-order valence-electron chi connectivity index (χ4n) is 4.38. The van der Waals surface area contributed by atoms with Gasteiger partial charge in [-0.2, -0.15) is 4.39 Å². The van der Waals surface area contributed by atoms with Crippen molar-refractivity contribution in [2.45, 2.75) is 19.9 Å². The summed E-state index contributed by atoms with van der Waals surface area (Å²) in [6.07, 6.45) is 2.14. The molecular weight excluding hydrogens is 485 g/mol. The number of amides is 1. The van der Waals surface area contributed by atoms with Gasteiger partial charge in [0.2, 0.25) is 5.95 Å². The number of thiazole rings is 1. The summed E-state index contributed by atoms with van der Waals surface area (Å²) in [6.45, 7) is 7.29. The van der Waals surface area contributed by atoms with Crippen LogP contribution in [0.3, 0.4) is 0 Å². The highest BCUT2D eigenvalue weighted by Gasteiger charge is 2.15. The zero-order valence-corrected chi connectivity index (χ0v) is 21.9. The van der Waals surface area contributed by atoms with Gasteiger partial charge in [-0.3, -0.25) is 9.69 Å². The van der Waals surface area contributed by atoms with Crippen molar-refractivity contribution in [1.82, 2.24) is 19.8 Å². The van der Waals surface area contributed by atoms with Gasteiger partial charge in [0.05, 0.1) is 10.7 Å². The van der Waals surface area contributed by atoms with Gasteiger partial charge < -0.3 is 10.2 Å². The molecule has 4 aromatic rings. The van der Waals surface area contributed by atoms with Crippen LogP contribution in [0.4, 0.5) is 10.1 Å². The molecule has 190 valence electrons. The zero-order chi connectivity index (χ0) is 25.8. The number of carbonyl (C=O) groups is 1. The van der Waals surface area contributed by atoms with E-state index in [1.165, 1.54) is 17.8 Å². The van der Waals surface area contributed by atoms with E-state index in [4.69, 9.17) is 4.98 Å². The van der Waals surface area contributed by atoms with Gasteiger partial charge in [0.25, 0.3) is 5.91 Å². The van der Waals surface area contributed by atoms with E-state index in [1.54, 1.807) is 17.4 Å². The maximum absolute atomic E-state index is 13.1. The lowest BCUT2D eigenvalue weighted by molar-refractivity contribution is 0.102. The van der Waals surface area contributed by atoms with Gasteiger partial charge in [0.1, 0.15) is 0 Å². The van der Waals surface area contributed by atoms with Crippen LogP contribution in [0.15, 0.2) is 66.2 Å². The minimum absolute atomic E-state index is 0.124. The van der Waals surface area contributed by atoms with Crippen LogP contribution in [0.1, 0.15) is 32.1 Å². The molecule has 0 bridgehead atoms. The Morgan fingerprint density at radius 2 is 1.84 bits per heavy atom. The standard InChI is InChI=1S/C29H30FN5OS/c1-20-3-9-25(15-24(20)16-28-33-26(19-37-28)23-8-10-27(30)31-17-23)32-29(36)22-6-4-21(5-7-22)18-35-13-11-34(2)12-14-35/h3-10,15,17,19H,11-14,16,18H2,1-2H3,(H,32,36). The summed E-state index contributed by atoms with van der Waals surface area (Å²) in [5, 5.41) is 5.94. The van der Waals surface area contributed by atoms with Crippen LogP contribution in [-0.2, 0) is 13.0 Å². The predicted octanol–water partition coefficient (Wildman–Crippen LogP) is 5.24. The molecule has 6 nitrogen and oxygen atoms in total. The Hall–Kier alpha value is -3.46. The molecule has 2 aromatic carbocycles. The molecule has 0 atom stereocenters. The lowest BCUT2D eigenvalue weighted by Crippen LogP contribution is -2.43. The summed E-state index contributed by atoms with van der Waals surface area (Å²) in [4.78, 5) is 26.1. The minimum Gasteiger partial charge on any atom is -0.322 e. The van der Waals surface area contributed by atoms with Gasteiger partial charge in [-0.15, -0.1) is 11.3 Å². The molecule has 1 aliphatic heterocycles. The molecule has 8 heteroatoms. The Morgan fingerprint density at radius 1 is 1.05 bits per heavy atom. The van der Waals surface area contributed by atoms with Crippen molar-refractivity contribution >= 4 is 22.9 Å². The number of aryl methyl sites for hydroxylation is 1. The summed E-state index contributed by atoms with van der Waals surface area (Å²) < 4.78 is 13.1. The van der Waals surface area contributed by atoms with Crippen molar-refractivity contribution in [2.75, 3.05) is 38.5 Å². The van der Waals surface area contributed by atoms with Crippen molar-refractivity contribution < 1.29 is 9.18 Å². The Balaban J connectivity index is 1.21. The summed E-state index contributed by atoms with van der Waals surface area (Å²) in [5.41, 5.74) is 6.41. The molecule has 1 saturated heterocycles. The number of hydrogen-bond acceptors (Lipinski definition) is 6. The van der Waals surface area contributed by atoms with Crippen molar-refractivity contribution in [3.8, 4) is 11.3 Å². The van der Waals surface area contributed by atoms with Crippen LogP contribution in [0, 0.1) is 12.9 Å². The maximum atomic E-state index is 13.1. The number of hydrogen-bond donors (Lipinski definition) is 1. The summed E-state index contributed by atoms with van der Waals surface area (Å²) >= 11 is 1.56. The normalized spacial score (nSPS) is 14.6. The third-order valence-electron chi connectivity index (χ3n) is 6.74. The minimum atomic E-state index is -0.504. The first-order valence-corrected chi connectivity index (χ1v) is 13.3. The highest BCUT2D eigenvalue weighted by Crippen LogP contribution is 2.25. The molecule has 0 saturated carbocycles. The smallest absolute Gasteiger partial charge is 0.255 e. The van der Waals surface area contributed by atoms with E-state index in [-0.39, 0.29) is 5.91 Å². The van der Waals surface area contributed by atoms with Gasteiger partial charge in [-0.05, 0) is 67.1 Å². The number of rotatable bonds is 7. The predicted molar refractivity (Wildman–Crippen MR) is 146 cm³/mol. The molecular formula is C29H30FN5OS. The molecule has 1 N–H and O–H groups in total. The number of nitrogens with zero attached hydrogens (tertiary/aromatic N) is 4. The lowest BCUT2D eigenvalue weighted by Gasteiger charge is -2.32. The molecule has 1 aliphatic rings. The molecule has 0 radical (unpaired) electrons. The van der Waals surface area contributed by atoms with Gasteiger partial charge >= 0.3 is 0 Å². The topological polar surface area (TPSA) is 61.4 Å². The average Bonchev–Trinajstić information content (AvgIpc) is 3.37. The number of benzene rings is 2. The Morgan fingerprint density at radius 3 is 2.57 bits per heavy atom. The fourth-order valence-corrected chi connectivity index (χ4v) is 5.21. The first-order valence-electron chi connectivity index (χ1n) is 12.4. The van der Waals surface area contributed by atoms with E-state index < -0.39 is 5.95 Å². The lowest BCUT2D eigenvalue weighted by atomic mass is 10.0. The summed E-state index contributed by atoms with van der Waals surface area (Å²) in [7, 11) is 2.16. The van der Waals surface area contributed by atoms with Crippen molar-refractivity contribution in [2.24, 2.45) is 0 Å². The van der Waals surface area contributed by atoms with Crippen LogP contribution in [0.25, 0.3) is 11.3 Å². The largest absolute Gasteiger partial charge is 0.322 e. The quantitative estimate of drug-likeness (QED) is 0.341. The van der Waals surface area contributed by atoms with Crippen molar-refractivity contribution in [1.29, 1.82) is 0 Å². The molecule has 1 amide bonds. The van der Waals surface area contributed by atoms with Crippen molar-refractivity contribution in [3.05, 3.63) is 99.4 Å². The molecule has 37 heavy (non-hydrogen) atoms. The van der Waals surface area contributed by atoms with Crippen LogP contribution < -0.4 is 5.32 Å². The number of halogens is 1. The highest BCUT2D eigenvalue weighted by molar-refractivity contribution is 7.10. The van der Waals surface area contributed by atoms with E-state index in [2.05, 4.69) is 34.1 Å². The molecule has 5 rings (SSSR count). The second-order valence-corrected chi connectivity index (χ2v) is 10.5. The summed E-state index contributed by atoms with van der Waals surface area (Å²) in [6, 6.07) is 16.9. The SMILES string of the molecule is Cc1ccc(NC(=O)c2ccc(CN3CCN(C)CC3)cc2)cc1Cc1nc(-c2ccc(F)nc2)cs1. The van der Waals surface area contributed by atoms with E-state index in [0.717, 1.165) is 65.8 Å². The van der Waals surface area contributed by atoms with Gasteiger partial charge in [-0.1, -0.05) is 18.2 Å². The molecule has 1 fully saturated rings. The van der Waals surface area contributed by atoms with Crippen LogP contribution in [-0.4, -0.2) is 58.9 Å². The van der Waals surface area contributed by atoms with Crippen LogP contribution in [0.2, 0.25) is 0 Å². The highest BCUT2D eigenvalue weighted by atomic mass is 32.1. The van der Waals surface area contributed by atoms with E-state index in [0.29, 0.717) is 12.0 Å². The van der Waals surface area contributed by atoms with Gasteiger partial charge in [0, 0.05) is 67.5 Å². The Kier molecular flexibility index (Phi) is 7.69. The number of pyridine rings is 1. The van der Waals surface area contributed by atoms with Crippen molar-refractivity contribution in [3.63, 3.8) is 0 Å². The average molecular weight is 516 g/mol. The van der Waals surface area contributed by atoms with Crippen LogP contribution in [0.5, 0.6) is 0 Å². The number of piperazine rings is 1. The second kappa shape index (κ2) is 11.3. The van der Waals surface area contributed by atoms with E-state index in [1.807, 2.05) is 47.8 Å². The number of carbonyl (C=O) groups excluding carboxylic acids is 1. The Bertz CT molecular complexity index is 1360.